The molecule has 32 heavy (non-hydrogen) atoms. The molecule has 0 radical (unpaired) electrons. The molecule has 1 amide bonds. The Morgan fingerprint density at radius 2 is 1.78 bits per heavy atom. The minimum Gasteiger partial charge on any atom is -0.497 e. The molecule has 1 fully saturated rings. The molecule has 1 aliphatic heterocycles. The number of methoxy groups -OCH3 is 1. The molecule has 1 N–H and O–H groups in total. The second-order valence-electron chi connectivity index (χ2n) is 6.92. The summed E-state index contributed by atoms with van der Waals surface area (Å²) in [5.41, 5.74) is 3.07. The molecule has 7 heteroatoms. The highest BCUT2D eigenvalue weighted by Gasteiger charge is 2.32. The first kappa shape index (κ1) is 21.1. The Bertz CT molecular complexity index is 1250. The van der Waals surface area contributed by atoms with E-state index in [1.165, 1.54) is 4.90 Å². The third-order valence-corrected chi connectivity index (χ3v) is 5.23. The monoisotopic (exact) mass is 441 g/mol. The zero-order valence-electron chi connectivity index (χ0n) is 17.2. The molecule has 0 bridgehead atoms. The summed E-state index contributed by atoms with van der Waals surface area (Å²) in [6.45, 7) is 0.238. The van der Waals surface area contributed by atoms with Gasteiger partial charge in [-0.25, -0.2) is 0 Å². The number of carbonyl (C=O) groups is 1. The van der Waals surface area contributed by atoms with Crippen LogP contribution in [0.15, 0.2) is 78.5 Å². The molecule has 0 spiro atoms. The van der Waals surface area contributed by atoms with Crippen molar-refractivity contribution in [2.75, 3.05) is 12.0 Å². The van der Waals surface area contributed by atoms with Gasteiger partial charge in [0.25, 0.3) is 5.91 Å². The zero-order valence-corrected chi connectivity index (χ0v) is 18.1. The van der Waals surface area contributed by atoms with Gasteiger partial charge in [-0.15, -0.1) is 0 Å². The van der Waals surface area contributed by atoms with E-state index in [1.807, 2.05) is 42.5 Å². The molecule has 3 aromatic rings. The van der Waals surface area contributed by atoms with Crippen LogP contribution in [-0.2, 0) is 11.4 Å². The summed E-state index contributed by atoms with van der Waals surface area (Å²) in [6, 6.07) is 23.9. The predicted molar refractivity (Wildman–Crippen MR) is 126 cm³/mol. The zero-order chi connectivity index (χ0) is 22.5. The Morgan fingerprint density at radius 3 is 2.53 bits per heavy atom. The normalized spacial score (nSPS) is 14.2. The van der Waals surface area contributed by atoms with Crippen LogP contribution in [-0.4, -0.2) is 18.1 Å². The Kier molecular flexibility index (Phi) is 6.15. The minimum atomic E-state index is -0.259. The van der Waals surface area contributed by atoms with Gasteiger partial charge in [0.15, 0.2) is 5.11 Å². The van der Waals surface area contributed by atoms with Crippen LogP contribution in [0.25, 0.3) is 6.08 Å². The number of nitrogens with one attached hydrogen (secondary N) is 1. The molecule has 6 nitrogen and oxygen atoms in total. The smallest absolute Gasteiger partial charge is 0.281 e. The highest BCUT2D eigenvalue weighted by atomic mass is 32.1. The first-order chi connectivity index (χ1) is 15.6. The second kappa shape index (κ2) is 9.33. The Hall–Kier alpha value is -4.15. The van der Waals surface area contributed by atoms with Gasteiger partial charge in [0.05, 0.1) is 24.4 Å². The molecular weight excluding hydrogens is 422 g/mol. The molecule has 1 heterocycles. The summed E-state index contributed by atoms with van der Waals surface area (Å²) >= 11 is 5.39. The van der Waals surface area contributed by atoms with Crippen LogP contribution in [0.3, 0.4) is 0 Å². The highest BCUT2D eigenvalue weighted by Crippen LogP contribution is 2.27. The van der Waals surface area contributed by atoms with Crippen molar-refractivity contribution in [3.63, 3.8) is 0 Å². The molecule has 0 unspecified atom stereocenters. The van der Waals surface area contributed by atoms with E-state index in [2.05, 4.69) is 11.4 Å². The predicted octanol–water partition coefficient (Wildman–Crippen LogP) is 4.41. The van der Waals surface area contributed by atoms with Crippen LogP contribution in [0.1, 0.15) is 16.7 Å². The van der Waals surface area contributed by atoms with E-state index in [0.717, 1.165) is 11.1 Å². The summed E-state index contributed by atoms with van der Waals surface area (Å²) < 4.78 is 11.2. The average Bonchev–Trinajstić information content (AvgIpc) is 3.11. The van der Waals surface area contributed by atoms with E-state index in [-0.39, 0.29) is 12.5 Å². The maximum absolute atomic E-state index is 13.0. The number of hydrogen-bond acceptors (Lipinski definition) is 5. The van der Waals surface area contributed by atoms with Crippen LogP contribution < -0.4 is 19.7 Å². The summed E-state index contributed by atoms with van der Waals surface area (Å²) in [5, 5.41) is 12.6. The number of thiocarbonyl (C=S) groups is 1. The number of rotatable bonds is 6. The fraction of sp³-hybridized carbons (Fsp3) is 0.0800. The lowest BCUT2D eigenvalue weighted by Crippen LogP contribution is -2.30. The number of para-hydroxylation sites is 1. The Morgan fingerprint density at radius 1 is 1.06 bits per heavy atom. The quantitative estimate of drug-likeness (QED) is 0.451. The molecule has 1 saturated heterocycles. The van der Waals surface area contributed by atoms with Crippen LogP contribution >= 0.6 is 12.2 Å². The number of amides is 1. The standard InChI is InChI=1S/C25H19N3O3S/c1-30-21-12-10-20(11-13-21)28-24(29)22(27-25(28)32)14-17-6-4-5-9-23(17)31-16-19-8-3-2-7-18(19)15-26/h2-14H,16H2,1H3,(H,27,32)/b22-14+. The lowest BCUT2D eigenvalue weighted by Gasteiger charge is -2.14. The van der Waals surface area contributed by atoms with Crippen LogP contribution in [0.5, 0.6) is 11.5 Å². The number of anilines is 1. The molecule has 4 rings (SSSR count). The first-order valence-electron chi connectivity index (χ1n) is 9.81. The third kappa shape index (κ3) is 4.31. The minimum absolute atomic E-state index is 0.238. The fourth-order valence-electron chi connectivity index (χ4n) is 3.30. The fourth-order valence-corrected chi connectivity index (χ4v) is 3.60. The van der Waals surface area contributed by atoms with E-state index in [1.54, 1.807) is 43.5 Å². The Labute approximate surface area is 191 Å². The second-order valence-corrected chi connectivity index (χ2v) is 7.31. The van der Waals surface area contributed by atoms with Gasteiger partial charge in [-0.2, -0.15) is 5.26 Å². The SMILES string of the molecule is COc1ccc(N2C(=O)/C(=C\c3ccccc3OCc3ccccc3C#N)NC2=S)cc1. The lowest BCUT2D eigenvalue weighted by molar-refractivity contribution is -0.113. The van der Waals surface area contributed by atoms with Crippen molar-refractivity contribution in [1.82, 2.24) is 5.32 Å². The van der Waals surface area contributed by atoms with Crippen LogP contribution in [0, 0.1) is 11.3 Å². The van der Waals surface area contributed by atoms with Gasteiger partial charge in [0.1, 0.15) is 23.8 Å². The van der Waals surface area contributed by atoms with Crippen molar-refractivity contribution in [3.8, 4) is 17.6 Å². The maximum atomic E-state index is 13.0. The van der Waals surface area contributed by atoms with Crippen molar-refractivity contribution in [2.24, 2.45) is 0 Å². The van der Waals surface area contributed by atoms with Crippen molar-refractivity contribution in [1.29, 1.82) is 5.26 Å². The molecule has 0 atom stereocenters. The summed E-state index contributed by atoms with van der Waals surface area (Å²) in [4.78, 5) is 14.5. The summed E-state index contributed by atoms with van der Waals surface area (Å²) in [7, 11) is 1.58. The highest BCUT2D eigenvalue weighted by molar-refractivity contribution is 7.80. The number of hydrogen-bond donors (Lipinski definition) is 1. The van der Waals surface area contributed by atoms with Crippen molar-refractivity contribution in [2.45, 2.75) is 6.61 Å². The topological polar surface area (TPSA) is 74.6 Å². The van der Waals surface area contributed by atoms with Gasteiger partial charge in [0.2, 0.25) is 0 Å². The average molecular weight is 442 g/mol. The Balaban J connectivity index is 1.57. The largest absolute Gasteiger partial charge is 0.497 e. The number of ether oxygens (including phenoxy) is 2. The van der Waals surface area contributed by atoms with Gasteiger partial charge >= 0.3 is 0 Å². The molecular formula is C25H19N3O3S. The van der Waals surface area contributed by atoms with Crippen LogP contribution in [0.4, 0.5) is 5.69 Å². The van der Waals surface area contributed by atoms with Gasteiger partial charge < -0.3 is 14.8 Å². The van der Waals surface area contributed by atoms with Gasteiger partial charge in [-0.3, -0.25) is 9.69 Å². The van der Waals surface area contributed by atoms with E-state index < -0.39 is 0 Å². The van der Waals surface area contributed by atoms with E-state index >= 15 is 0 Å². The maximum Gasteiger partial charge on any atom is 0.281 e. The van der Waals surface area contributed by atoms with E-state index in [9.17, 15) is 10.1 Å². The first-order valence-corrected chi connectivity index (χ1v) is 10.2. The number of nitrogens with zero attached hydrogens (tertiary/aromatic N) is 2. The van der Waals surface area contributed by atoms with E-state index in [4.69, 9.17) is 21.7 Å². The van der Waals surface area contributed by atoms with Crippen molar-refractivity contribution >= 4 is 35.0 Å². The molecule has 1 aliphatic rings. The number of nitriles is 1. The van der Waals surface area contributed by atoms with Gasteiger partial charge in [0, 0.05) is 11.1 Å². The molecule has 0 aromatic heterocycles. The van der Waals surface area contributed by atoms with Crippen molar-refractivity contribution < 1.29 is 14.3 Å². The third-order valence-electron chi connectivity index (χ3n) is 4.95. The molecule has 0 aliphatic carbocycles. The van der Waals surface area contributed by atoms with Gasteiger partial charge in [-0.05, 0) is 54.7 Å². The molecule has 3 aromatic carbocycles. The number of benzene rings is 3. The summed E-state index contributed by atoms with van der Waals surface area (Å²) in [5.74, 6) is 1.03. The lowest BCUT2D eigenvalue weighted by atomic mass is 10.1. The molecule has 0 saturated carbocycles. The van der Waals surface area contributed by atoms with Gasteiger partial charge in [-0.1, -0.05) is 36.4 Å². The van der Waals surface area contributed by atoms with Crippen molar-refractivity contribution in [3.05, 3.63) is 95.2 Å². The summed E-state index contributed by atoms with van der Waals surface area (Å²) in [6.07, 6.45) is 1.71. The van der Waals surface area contributed by atoms with Crippen LogP contribution in [0.2, 0.25) is 0 Å². The molecule has 158 valence electrons. The van der Waals surface area contributed by atoms with E-state index in [0.29, 0.717) is 33.6 Å². The number of carbonyl (C=O) groups excluding carboxylic acids is 1.